The van der Waals surface area contributed by atoms with E-state index in [1.165, 1.54) is 0 Å². The Kier molecular flexibility index (Phi) is 11.8. The summed E-state index contributed by atoms with van der Waals surface area (Å²) in [6.07, 6.45) is 1.02. The molecular weight excluding hydrogens is 586 g/mol. The molecule has 0 bridgehead atoms. The summed E-state index contributed by atoms with van der Waals surface area (Å²) < 4.78 is 24.5. The number of aryl methyl sites for hydroxylation is 1. The molecular formula is C40H43N3O4. The van der Waals surface area contributed by atoms with E-state index in [2.05, 4.69) is 85.4 Å². The van der Waals surface area contributed by atoms with Crippen LogP contribution in [0.25, 0.3) is 11.1 Å². The van der Waals surface area contributed by atoms with Crippen LogP contribution in [0.3, 0.4) is 0 Å². The predicted molar refractivity (Wildman–Crippen MR) is 186 cm³/mol. The number of ether oxygens (including phenoxy) is 4. The molecule has 7 nitrogen and oxygen atoms in total. The van der Waals surface area contributed by atoms with Gasteiger partial charge in [-0.05, 0) is 111 Å². The van der Waals surface area contributed by atoms with Crippen LogP contribution in [0, 0.1) is 37.0 Å². The molecule has 0 radical (unpaired) electrons. The second-order valence-corrected chi connectivity index (χ2v) is 11.8. The number of hydrogen-bond donors (Lipinski definition) is 1. The largest absolute Gasteiger partial charge is 0.488 e. The summed E-state index contributed by atoms with van der Waals surface area (Å²) in [7, 11) is 2.13. The number of hydrogen-bond acceptors (Lipinski definition) is 7. The molecule has 1 aliphatic heterocycles. The minimum absolute atomic E-state index is 0.355. The van der Waals surface area contributed by atoms with Crippen LogP contribution in [0.15, 0.2) is 72.8 Å². The molecule has 242 valence electrons. The summed E-state index contributed by atoms with van der Waals surface area (Å²) in [5.74, 6) is 9.08. The normalized spacial score (nSPS) is 11.8. The van der Waals surface area contributed by atoms with Gasteiger partial charge in [-0.1, -0.05) is 42.3 Å². The molecule has 0 saturated heterocycles. The molecule has 4 aromatic carbocycles. The fraction of sp³-hybridized carbons (Fsp3) is 0.325. The van der Waals surface area contributed by atoms with Gasteiger partial charge in [0.15, 0.2) is 11.5 Å². The van der Waals surface area contributed by atoms with Crippen LogP contribution >= 0.6 is 0 Å². The Hall–Kier alpha value is -4.95. The molecule has 0 saturated carbocycles. The van der Waals surface area contributed by atoms with E-state index in [9.17, 15) is 5.26 Å². The average Bonchev–Trinajstić information content (AvgIpc) is 3.09. The molecule has 7 heteroatoms. The lowest BCUT2D eigenvalue weighted by atomic mass is 9.96. The van der Waals surface area contributed by atoms with Crippen molar-refractivity contribution < 1.29 is 18.9 Å². The van der Waals surface area contributed by atoms with Crippen LogP contribution in [-0.4, -0.2) is 44.8 Å². The maximum absolute atomic E-state index is 9.36. The van der Waals surface area contributed by atoms with E-state index >= 15 is 0 Å². The van der Waals surface area contributed by atoms with Gasteiger partial charge >= 0.3 is 0 Å². The maximum atomic E-state index is 9.36. The van der Waals surface area contributed by atoms with Crippen molar-refractivity contribution in [1.29, 1.82) is 5.26 Å². The van der Waals surface area contributed by atoms with Crippen molar-refractivity contribution in [3.05, 3.63) is 106 Å². The van der Waals surface area contributed by atoms with Gasteiger partial charge < -0.3 is 29.2 Å². The standard InChI is InChI=1S/C40H43N3O4/c1-5-6-16-42-17-9-18-43(4)26-35-21-29(2)38(24-39(35)46-27-32-11-7-10-31(22-32)25-41)47-28-34-12-8-13-36(30(34)3)33-14-15-37-40(23-33)45-20-19-44-37/h7-8,10-15,21-24,42H,9,16-20,26-28H2,1-4H3. The molecule has 0 atom stereocenters. The number of fused-ring (bicyclic) bond motifs is 1. The SMILES string of the molecule is CC#CCNCCCN(C)Cc1cc(C)c(OCc2cccc(-c3ccc4c(c3)OCCO4)c2C)cc1OCc1cccc(C#N)c1. The van der Waals surface area contributed by atoms with Gasteiger partial charge in [0.2, 0.25) is 0 Å². The van der Waals surface area contributed by atoms with Gasteiger partial charge in [0.05, 0.1) is 18.2 Å². The van der Waals surface area contributed by atoms with Crippen molar-refractivity contribution in [2.45, 2.75) is 47.0 Å². The van der Waals surface area contributed by atoms with Crippen molar-refractivity contribution in [3.8, 4) is 52.0 Å². The summed E-state index contributed by atoms with van der Waals surface area (Å²) in [4.78, 5) is 2.30. The van der Waals surface area contributed by atoms with Gasteiger partial charge in [0.25, 0.3) is 0 Å². The Labute approximate surface area is 279 Å². The van der Waals surface area contributed by atoms with Gasteiger partial charge in [-0.25, -0.2) is 0 Å². The highest BCUT2D eigenvalue weighted by Crippen LogP contribution is 2.37. The second-order valence-electron chi connectivity index (χ2n) is 11.8. The van der Waals surface area contributed by atoms with Crippen LogP contribution < -0.4 is 24.3 Å². The lowest BCUT2D eigenvalue weighted by molar-refractivity contribution is 0.171. The smallest absolute Gasteiger partial charge is 0.161 e. The molecule has 1 heterocycles. The highest BCUT2D eigenvalue weighted by molar-refractivity contribution is 5.71. The van der Waals surface area contributed by atoms with Gasteiger partial charge in [-0.15, -0.1) is 5.92 Å². The van der Waals surface area contributed by atoms with E-state index in [-0.39, 0.29) is 0 Å². The molecule has 5 rings (SSSR count). The second kappa shape index (κ2) is 16.6. The summed E-state index contributed by atoms with van der Waals surface area (Å²) in [5.41, 5.74) is 8.18. The van der Waals surface area contributed by atoms with E-state index in [0.717, 1.165) is 88.0 Å². The summed E-state index contributed by atoms with van der Waals surface area (Å²) >= 11 is 0. The van der Waals surface area contributed by atoms with E-state index in [1.54, 1.807) is 6.07 Å². The van der Waals surface area contributed by atoms with E-state index in [0.29, 0.717) is 38.5 Å². The Morgan fingerprint density at radius 2 is 1.68 bits per heavy atom. The first-order valence-corrected chi connectivity index (χ1v) is 16.1. The zero-order chi connectivity index (χ0) is 33.0. The zero-order valence-corrected chi connectivity index (χ0v) is 27.8. The molecule has 0 spiro atoms. The third kappa shape index (κ3) is 9.08. The number of benzene rings is 4. The molecule has 0 unspecified atom stereocenters. The fourth-order valence-corrected chi connectivity index (χ4v) is 5.64. The third-order valence-corrected chi connectivity index (χ3v) is 8.21. The Bertz CT molecular complexity index is 1780. The van der Waals surface area contributed by atoms with Gasteiger partial charge in [0, 0.05) is 18.2 Å². The minimum Gasteiger partial charge on any atom is -0.488 e. The summed E-state index contributed by atoms with van der Waals surface area (Å²) in [5, 5.41) is 12.7. The number of nitrogens with one attached hydrogen (secondary N) is 1. The first-order chi connectivity index (χ1) is 22.9. The first-order valence-electron chi connectivity index (χ1n) is 16.1. The molecule has 4 aromatic rings. The lowest BCUT2D eigenvalue weighted by Gasteiger charge is -2.21. The average molecular weight is 630 g/mol. The Morgan fingerprint density at radius 1 is 0.872 bits per heavy atom. The van der Waals surface area contributed by atoms with Crippen LogP contribution in [-0.2, 0) is 19.8 Å². The monoisotopic (exact) mass is 629 g/mol. The zero-order valence-electron chi connectivity index (χ0n) is 27.8. The molecule has 0 fully saturated rings. The number of rotatable bonds is 14. The fourth-order valence-electron chi connectivity index (χ4n) is 5.64. The summed E-state index contributed by atoms with van der Waals surface area (Å²) in [6.45, 7) is 11.3. The van der Waals surface area contributed by atoms with Crippen molar-refractivity contribution in [1.82, 2.24) is 10.2 Å². The van der Waals surface area contributed by atoms with Crippen LogP contribution in [0.2, 0.25) is 0 Å². The van der Waals surface area contributed by atoms with Crippen molar-refractivity contribution in [2.24, 2.45) is 0 Å². The van der Waals surface area contributed by atoms with Gasteiger partial charge in [0.1, 0.15) is 37.9 Å². The van der Waals surface area contributed by atoms with Crippen molar-refractivity contribution in [3.63, 3.8) is 0 Å². The van der Waals surface area contributed by atoms with E-state index < -0.39 is 0 Å². The number of nitriles is 1. The molecule has 0 aliphatic carbocycles. The quantitative estimate of drug-likeness (QED) is 0.117. The Balaban J connectivity index is 1.32. The van der Waals surface area contributed by atoms with Crippen molar-refractivity contribution in [2.75, 3.05) is 39.9 Å². The Morgan fingerprint density at radius 3 is 2.51 bits per heavy atom. The third-order valence-electron chi connectivity index (χ3n) is 8.21. The van der Waals surface area contributed by atoms with Crippen LogP contribution in [0.5, 0.6) is 23.0 Å². The molecule has 0 amide bonds. The topological polar surface area (TPSA) is 76.0 Å². The molecule has 1 aliphatic rings. The van der Waals surface area contributed by atoms with E-state index in [1.807, 2.05) is 37.3 Å². The van der Waals surface area contributed by atoms with Crippen LogP contribution in [0.1, 0.15) is 46.7 Å². The van der Waals surface area contributed by atoms with Gasteiger partial charge in [-0.2, -0.15) is 5.26 Å². The first kappa shape index (κ1) is 33.4. The van der Waals surface area contributed by atoms with Crippen molar-refractivity contribution >= 4 is 0 Å². The van der Waals surface area contributed by atoms with E-state index in [4.69, 9.17) is 18.9 Å². The highest BCUT2D eigenvalue weighted by Gasteiger charge is 2.16. The molecule has 0 aromatic heterocycles. The van der Waals surface area contributed by atoms with Gasteiger partial charge in [-0.3, -0.25) is 0 Å². The minimum atomic E-state index is 0.355. The summed E-state index contributed by atoms with van der Waals surface area (Å²) in [6, 6.07) is 26.3. The molecule has 47 heavy (non-hydrogen) atoms. The predicted octanol–water partition coefficient (Wildman–Crippen LogP) is 7.21. The number of nitrogens with zero attached hydrogens (tertiary/aromatic N) is 2. The van der Waals surface area contributed by atoms with Crippen LogP contribution in [0.4, 0.5) is 0 Å². The highest BCUT2D eigenvalue weighted by atomic mass is 16.6. The molecule has 1 N–H and O–H groups in total. The maximum Gasteiger partial charge on any atom is 0.161 e. The lowest BCUT2D eigenvalue weighted by Crippen LogP contribution is -2.24.